The Hall–Kier alpha value is -1.88. The molecule has 21 heavy (non-hydrogen) atoms. The highest BCUT2D eigenvalue weighted by molar-refractivity contribution is 6.04. The number of carbonyl (C=O) groups is 2. The molecule has 0 unspecified atom stereocenters. The second-order valence-corrected chi connectivity index (χ2v) is 4.83. The summed E-state index contributed by atoms with van der Waals surface area (Å²) in [6.07, 6.45) is 1.48. The van der Waals surface area contributed by atoms with E-state index in [2.05, 4.69) is 17.6 Å². The van der Waals surface area contributed by atoms with Crippen molar-refractivity contribution in [3.05, 3.63) is 29.8 Å². The fourth-order valence-corrected chi connectivity index (χ4v) is 1.99. The monoisotopic (exact) mass is 291 g/mol. The summed E-state index contributed by atoms with van der Waals surface area (Å²) in [5.41, 5.74) is 1.17. The molecule has 2 amide bonds. The third-order valence-electron chi connectivity index (χ3n) is 3.20. The first-order valence-electron chi connectivity index (χ1n) is 7.46. The summed E-state index contributed by atoms with van der Waals surface area (Å²) >= 11 is 0. The molecule has 116 valence electrons. The maximum Gasteiger partial charge on any atom is 0.253 e. The lowest BCUT2D eigenvalue weighted by atomic mass is 10.1. The molecule has 0 bridgehead atoms. The van der Waals surface area contributed by atoms with Gasteiger partial charge in [-0.1, -0.05) is 26.0 Å². The van der Waals surface area contributed by atoms with Gasteiger partial charge in [0.1, 0.15) is 0 Å². The van der Waals surface area contributed by atoms with Gasteiger partial charge in [0.05, 0.1) is 11.3 Å². The van der Waals surface area contributed by atoms with Crippen molar-refractivity contribution in [1.29, 1.82) is 0 Å². The zero-order valence-corrected chi connectivity index (χ0v) is 13.1. The summed E-state index contributed by atoms with van der Waals surface area (Å²) in [5.74, 6) is -0.167. The minimum atomic E-state index is -0.153. The first kappa shape index (κ1) is 17.2. The van der Waals surface area contributed by atoms with Crippen LogP contribution in [0.1, 0.15) is 37.0 Å². The van der Waals surface area contributed by atoms with E-state index in [1.807, 2.05) is 6.07 Å². The van der Waals surface area contributed by atoms with Crippen molar-refractivity contribution in [2.24, 2.45) is 0 Å². The normalized spacial score (nSPS) is 10.2. The number of nitrogens with one attached hydrogen (secondary N) is 2. The smallest absolute Gasteiger partial charge is 0.253 e. The second kappa shape index (κ2) is 9.13. The maximum absolute atomic E-state index is 12.2. The number of amides is 2. The molecular formula is C16H25N3O2. The molecule has 1 rings (SSSR count). The van der Waals surface area contributed by atoms with Crippen LogP contribution in [0.4, 0.5) is 5.69 Å². The van der Waals surface area contributed by atoms with E-state index in [-0.39, 0.29) is 11.8 Å². The lowest BCUT2D eigenvalue weighted by molar-refractivity contribution is -0.118. The molecule has 0 aromatic heterocycles. The molecule has 0 saturated carbocycles. The Morgan fingerprint density at radius 1 is 1.10 bits per heavy atom. The summed E-state index contributed by atoms with van der Waals surface area (Å²) in [7, 11) is 1.70. The van der Waals surface area contributed by atoms with E-state index in [0.717, 1.165) is 19.5 Å². The molecule has 5 nitrogen and oxygen atoms in total. The second-order valence-electron chi connectivity index (χ2n) is 4.83. The molecule has 0 spiro atoms. The highest BCUT2D eigenvalue weighted by Crippen LogP contribution is 2.19. The van der Waals surface area contributed by atoms with Crippen molar-refractivity contribution in [3.63, 3.8) is 0 Å². The minimum Gasteiger partial charge on any atom is -0.351 e. The van der Waals surface area contributed by atoms with E-state index in [0.29, 0.717) is 24.2 Å². The molecule has 0 radical (unpaired) electrons. The van der Waals surface area contributed by atoms with Crippen LogP contribution >= 0.6 is 0 Å². The number of anilines is 1. The molecule has 0 aliphatic rings. The number of hydrogen-bond donors (Lipinski definition) is 2. The van der Waals surface area contributed by atoms with Gasteiger partial charge < -0.3 is 15.5 Å². The SMILES string of the molecule is CCCNCCNC(=O)c1ccccc1N(C)C(=O)CC. The molecule has 0 heterocycles. The van der Waals surface area contributed by atoms with E-state index in [4.69, 9.17) is 0 Å². The van der Waals surface area contributed by atoms with Crippen molar-refractivity contribution in [2.75, 3.05) is 31.6 Å². The van der Waals surface area contributed by atoms with Crippen molar-refractivity contribution < 1.29 is 9.59 Å². The van der Waals surface area contributed by atoms with Crippen LogP contribution in [0.5, 0.6) is 0 Å². The van der Waals surface area contributed by atoms with Crippen LogP contribution in [0.15, 0.2) is 24.3 Å². The Kier molecular flexibility index (Phi) is 7.46. The fourth-order valence-electron chi connectivity index (χ4n) is 1.99. The van der Waals surface area contributed by atoms with Gasteiger partial charge in [0.25, 0.3) is 5.91 Å². The van der Waals surface area contributed by atoms with Crippen molar-refractivity contribution in [1.82, 2.24) is 10.6 Å². The molecule has 1 aromatic rings. The van der Waals surface area contributed by atoms with E-state index in [1.54, 1.807) is 32.2 Å². The summed E-state index contributed by atoms with van der Waals surface area (Å²) in [6.45, 7) is 6.16. The Labute approximate surface area is 126 Å². The number of hydrogen-bond acceptors (Lipinski definition) is 3. The number of para-hydroxylation sites is 1. The maximum atomic E-state index is 12.2. The van der Waals surface area contributed by atoms with Gasteiger partial charge >= 0.3 is 0 Å². The molecule has 5 heteroatoms. The molecule has 1 aromatic carbocycles. The largest absolute Gasteiger partial charge is 0.351 e. The predicted molar refractivity (Wildman–Crippen MR) is 85.6 cm³/mol. The van der Waals surface area contributed by atoms with Gasteiger partial charge in [-0.2, -0.15) is 0 Å². The lowest BCUT2D eigenvalue weighted by Crippen LogP contribution is -2.34. The number of rotatable bonds is 8. The summed E-state index contributed by atoms with van der Waals surface area (Å²) in [4.78, 5) is 25.6. The van der Waals surface area contributed by atoms with Gasteiger partial charge in [0.2, 0.25) is 5.91 Å². The van der Waals surface area contributed by atoms with Gasteiger partial charge in [-0.15, -0.1) is 0 Å². The standard InChI is InChI=1S/C16H25N3O2/c1-4-10-17-11-12-18-16(21)13-8-6-7-9-14(13)19(3)15(20)5-2/h6-9,17H,4-5,10-12H2,1-3H3,(H,18,21). The van der Waals surface area contributed by atoms with Crippen LogP contribution in [0.25, 0.3) is 0 Å². The van der Waals surface area contributed by atoms with Crippen LogP contribution < -0.4 is 15.5 Å². The highest BCUT2D eigenvalue weighted by Gasteiger charge is 2.16. The van der Waals surface area contributed by atoms with Crippen molar-refractivity contribution in [2.45, 2.75) is 26.7 Å². The Morgan fingerprint density at radius 2 is 1.81 bits per heavy atom. The van der Waals surface area contributed by atoms with E-state index >= 15 is 0 Å². The number of benzene rings is 1. The average molecular weight is 291 g/mol. The van der Waals surface area contributed by atoms with Gasteiger partial charge in [-0.25, -0.2) is 0 Å². The van der Waals surface area contributed by atoms with Crippen molar-refractivity contribution in [3.8, 4) is 0 Å². The lowest BCUT2D eigenvalue weighted by Gasteiger charge is -2.19. The highest BCUT2D eigenvalue weighted by atomic mass is 16.2. The third kappa shape index (κ3) is 5.19. The molecule has 0 atom stereocenters. The van der Waals surface area contributed by atoms with Gasteiger partial charge in [-0.05, 0) is 25.1 Å². The quantitative estimate of drug-likeness (QED) is 0.718. The topological polar surface area (TPSA) is 61.4 Å². The van der Waals surface area contributed by atoms with Crippen molar-refractivity contribution >= 4 is 17.5 Å². The van der Waals surface area contributed by atoms with Gasteiger partial charge in [-0.3, -0.25) is 9.59 Å². The van der Waals surface area contributed by atoms with Gasteiger partial charge in [0.15, 0.2) is 0 Å². The minimum absolute atomic E-state index is 0.0140. The molecule has 0 aliphatic carbocycles. The fraction of sp³-hybridized carbons (Fsp3) is 0.500. The molecule has 0 aliphatic heterocycles. The molecule has 2 N–H and O–H groups in total. The summed E-state index contributed by atoms with van der Waals surface area (Å²) in [6, 6.07) is 7.16. The molecule has 0 saturated heterocycles. The zero-order chi connectivity index (χ0) is 15.7. The van der Waals surface area contributed by atoms with Crippen LogP contribution in [0, 0.1) is 0 Å². The first-order valence-corrected chi connectivity index (χ1v) is 7.46. The molecule has 0 fully saturated rings. The predicted octanol–water partition coefficient (Wildman–Crippen LogP) is 1.79. The van der Waals surface area contributed by atoms with E-state index < -0.39 is 0 Å². The average Bonchev–Trinajstić information content (AvgIpc) is 2.53. The number of nitrogens with zero attached hydrogens (tertiary/aromatic N) is 1. The Morgan fingerprint density at radius 3 is 2.48 bits per heavy atom. The third-order valence-corrected chi connectivity index (χ3v) is 3.20. The van der Waals surface area contributed by atoms with Crippen LogP contribution in [-0.4, -0.2) is 38.5 Å². The van der Waals surface area contributed by atoms with Crippen LogP contribution in [-0.2, 0) is 4.79 Å². The zero-order valence-electron chi connectivity index (χ0n) is 13.1. The van der Waals surface area contributed by atoms with E-state index in [9.17, 15) is 9.59 Å². The van der Waals surface area contributed by atoms with Crippen LogP contribution in [0.3, 0.4) is 0 Å². The van der Waals surface area contributed by atoms with Crippen LogP contribution in [0.2, 0.25) is 0 Å². The Bertz CT molecular complexity index is 474. The first-order chi connectivity index (χ1) is 10.1. The number of carbonyl (C=O) groups excluding carboxylic acids is 2. The summed E-state index contributed by atoms with van der Waals surface area (Å²) < 4.78 is 0. The summed E-state index contributed by atoms with van der Waals surface area (Å²) in [5, 5.41) is 6.10. The Balaban J connectivity index is 2.69. The van der Waals surface area contributed by atoms with Gasteiger partial charge in [0, 0.05) is 26.6 Å². The molecular weight excluding hydrogens is 266 g/mol. The van der Waals surface area contributed by atoms with E-state index in [1.165, 1.54) is 4.90 Å².